The molecule has 124 valence electrons. The van der Waals surface area contributed by atoms with Crippen LogP contribution in [0.2, 0.25) is 0 Å². The molecule has 1 fully saturated rings. The Kier molecular flexibility index (Phi) is 5.77. The van der Waals surface area contributed by atoms with Crippen molar-refractivity contribution in [2.45, 2.75) is 44.8 Å². The molecular formula is C15H24N2O4S. The highest BCUT2D eigenvalue weighted by Crippen LogP contribution is 2.38. The zero-order valence-corrected chi connectivity index (χ0v) is 13.8. The molecule has 1 saturated carbocycles. The van der Waals surface area contributed by atoms with E-state index < -0.39 is 10.0 Å². The smallest absolute Gasteiger partial charge is 0.212 e. The zero-order chi connectivity index (χ0) is 16.2. The molecule has 0 amide bonds. The van der Waals surface area contributed by atoms with Gasteiger partial charge in [-0.25, -0.2) is 18.1 Å². The van der Waals surface area contributed by atoms with Crippen LogP contribution in [0.3, 0.4) is 0 Å². The summed E-state index contributed by atoms with van der Waals surface area (Å²) in [5.41, 5.74) is 0.803. The van der Waals surface area contributed by atoms with Crippen LogP contribution >= 0.6 is 0 Å². The van der Waals surface area contributed by atoms with Crippen molar-refractivity contribution >= 4 is 10.0 Å². The minimum atomic E-state index is -3.34. The van der Waals surface area contributed by atoms with Gasteiger partial charge in [-0.1, -0.05) is 19.4 Å². The number of methoxy groups -OCH3 is 1. The number of pyridine rings is 1. The highest BCUT2D eigenvalue weighted by molar-refractivity contribution is 7.89. The van der Waals surface area contributed by atoms with E-state index in [2.05, 4.69) is 9.71 Å². The molecule has 1 heterocycles. The summed E-state index contributed by atoms with van der Waals surface area (Å²) in [6.45, 7) is 1.96. The molecule has 6 nitrogen and oxygen atoms in total. The van der Waals surface area contributed by atoms with Crippen molar-refractivity contribution in [2.75, 3.05) is 12.9 Å². The molecule has 2 rings (SSSR count). The van der Waals surface area contributed by atoms with E-state index in [-0.39, 0.29) is 23.8 Å². The van der Waals surface area contributed by atoms with Gasteiger partial charge >= 0.3 is 0 Å². The highest BCUT2D eigenvalue weighted by atomic mass is 32.2. The summed E-state index contributed by atoms with van der Waals surface area (Å²) in [6.07, 6.45) is 3.98. The fraction of sp³-hybridized carbons (Fsp3) is 0.667. The fourth-order valence-electron chi connectivity index (χ4n) is 2.62. The lowest BCUT2D eigenvalue weighted by atomic mass is 9.76. The predicted octanol–water partition coefficient (Wildman–Crippen LogP) is 1.62. The van der Waals surface area contributed by atoms with Crippen LogP contribution in [0.5, 0.6) is 5.88 Å². The zero-order valence-electron chi connectivity index (χ0n) is 13.0. The SMILES string of the molecule is CCCCS(=O)(=O)N[C@H](c1ccc(OC)nc1)C1CC(O)C1. The summed E-state index contributed by atoms with van der Waals surface area (Å²) in [6, 6.07) is 3.20. The van der Waals surface area contributed by atoms with E-state index in [1.54, 1.807) is 12.3 Å². The van der Waals surface area contributed by atoms with E-state index in [0.29, 0.717) is 25.1 Å². The van der Waals surface area contributed by atoms with Crippen molar-refractivity contribution in [2.24, 2.45) is 5.92 Å². The molecule has 0 aliphatic heterocycles. The second-order valence-electron chi connectivity index (χ2n) is 5.79. The molecule has 0 aromatic carbocycles. The van der Waals surface area contributed by atoms with Crippen molar-refractivity contribution in [1.82, 2.24) is 9.71 Å². The molecule has 1 atom stereocenters. The summed E-state index contributed by atoms with van der Waals surface area (Å²) >= 11 is 0. The van der Waals surface area contributed by atoms with Crippen LogP contribution < -0.4 is 9.46 Å². The minimum absolute atomic E-state index is 0.0987. The van der Waals surface area contributed by atoms with Crippen molar-refractivity contribution in [1.29, 1.82) is 0 Å². The van der Waals surface area contributed by atoms with Gasteiger partial charge in [0.1, 0.15) is 0 Å². The van der Waals surface area contributed by atoms with Crippen LogP contribution in [0, 0.1) is 5.92 Å². The summed E-state index contributed by atoms with van der Waals surface area (Å²) in [5.74, 6) is 0.713. The number of hydrogen-bond acceptors (Lipinski definition) is 5. The van der Waals surface area contributed by atoms with E-state index >= 15 is 0 Å². The van der Waals surface area contributed by atoms with Gasteiger partial charge in [-0.05, 0) is 30.7 Å². The van der Waals surface area contributed by atoms with Crippen LogP contribution in [0.1, 0.15) is 44.2 Å². The van der Waals surface area contributed by atoms with Gasteiger partial charge in [-0.3, -0.25) is 0 Å². The van der Waals surface area contributed by atoms with Crippen molar-refractivity contribution < 1.29 is 18.3 Å². The Morgan fingerprint density at radius 2 is 2.18 bits per heavy atom. The number of hydrogen-bond donors (Lipinski definition) is 2. The number of nitrogens with zero attached hydrogens (tertiary/aromatic N) is 1. The van der Waals surface area contributed by atoms with Gasteiger partial charge in [0, 0.05) is 12.3 Å². The maximum absolute atomic E-state index is 12.2. The monoisotopic (exact) mass is 328 g/mol. The Hall–Kier alpha value is -1.18. The first-order valence-corrected chi connectivity index (χ1v) is 9.28. The van der Waals surface area contributed by atoms with Gasteiger partial charge in [0.05, 0.1) is 25.0 Å². The van der Waals surface area contributed by atoms with Crippen molar-refractivity contribution in [3.05, 3.63) is 23.9 Å². The maximum atomic E-state index is 12.2. The second-order valence-corrected chi connectivity index (χ2v) is 7.66. The summed E-state index contributed by atoms with van der Waals surface area (Å²) in [4.78, 5) is 4.15. The molecule has 1 aliphatic carbocycles. The molecule has 2 N–H and O–H groups in total. The molecule has 0 saturated heterocycles. The second kappa shape index (κ2) is 7.39. The van der Waals surface area contributed by atoms with Crippen LogP contribution in [-0.4, -0.2) is 37.5 Å². The number of nitrogens with one attached hydrogen (secondary N) is 1. The third kappa shape index (κ3) is 4.41. The largest absolute Gasteiger partial charge is 0.481 e. The molecule has 1 aromatic rings. The lowest BCUT2D eigenvalue weighted by molar-refractivity contribution is 0.0279. The van der Waals surface area contributed by atoms with Gasteiger partial charge in [-0.2, -0.15) is 0 Å². The van der Waals surface area contributed by atoms with Crippen LogP contribution in [0.25, 0.3) is 0 Å². The third-order valence-corrected chi connectivity index (χ3v) is 5.46. The van der Waals surface area contributed by atoms with Gasteiger partial charge < -0.3 is 9.84 Å². The first-order chi connectivity index (χ1) is 10.4. The lowest BCUT2D eigenvalue weighted by Gasteiger charge is -2.38. The standard InChI is InChI=1S/C15H24N2O4S/c1-3-4-7-22(19,20)17-15(12-8-13(18)9-12)11-5-6-14(21-2)16-10-11/h5-6,10,12-13,15,17-18H,3-4,7-9H2,1-2H3/t12?,13?,15-/m1/s1. The van der Waals surface area contributed by atoms with Crippen molar-refractivity contribution in [3.63, 3.8) is 0 Å². The number of rotatable bonds is 8. The number of aliphatic hydroxyl groups is 1. The topological polar surface area (TPSA) is 88.5 Å². The lowest BCUT2D eigenvalue weighted by Crippen LogP contribution is -2.42. The van der Waals surface area contributed by atoms with Gasteiger partial charge in [-0.15, -0.1) is 0 Å². The number of sulfonamides is 1. The van der Waals surface area contributed by atoms with E-state index in [1.165, 1.54) is 7.11 Å². The van der Waals surface area contributed by atoms with E-state index in [9.17, 15) is 13.5 Å². The predicted molar refractivity (Wildman–Crippen MR) is 84.1 cm³/mol. The molecule has 7 heteroatoms. The number of unbranched alkanes of at least 4 members (excludes halogenated alkanes) is 1. The van der Waals surface area contributed by atoms with Crippen LogP contribution in [0.15, 0.2) is 18.3 Å². The Balaban J connectivity index is 2.15. The summed E-state index contributed by atoms with van der Waals surface area (Å²) < 4.78 is 32.2. The Bertz CT molecular complexity index is 568. The van der Waals surface area contributed by atoms with E-state index in [1.807, 2.05) is 13.0 Å². The molecule has 1 aromatic heterocycles. The number of aromatic nitrogens is 1. The van der Waals surface area contributed by atoms with Gasteiger partial charge in [0.2, 0.25) is 15.9 Å². The average molecular weight is 328 g/mol. The summed E-state index contributed by atoms with van der Waals surface area (Å²) in [5, 5.41) is 9.52. The van der Waals surface area contributed by atoms with Crippen LogP contribution in [-0.2, 0) is 10.0 Å². The normalized spacial score (nSPS) is 22.9. The van der Waals surface area contributed by atoms with Gasteiger partial charge in [0.15, 0.2) is 0 Å². The Morgan fingerprint density at radius 1 is 1.45 bits per heavy atom. The minimum Gasteiger partial charge on any atom is -0.481 e. The average Bonchev–Trinajstić information content (AvgIpc) is 2.48. The molecule has 1 aliphatic rings. The molecule has 0 bridgehead atoms. The molecular weight excluding hydrogens is 304 g/mol. The van der Waals surface area contributed by atoms with Crippen molar-refractivity contribution in [3.8, 4) is 5.88 Å². The Morgan fingerprint density at radius 3 is 2.68 bits per heavy atom. The third-order valence-electron chi connectivity index (χ3n) is 4.02. The van der Waals surface area contributed by atoms with E-state index in [4.69, 9.17) is 4.74 Å². The quantitative estimate of drug-likeness (QED) is 0.757. The Labute approximate surface area is 132 Å². The highest BCUT2D eigenvalue weighted by Gasteiger charge is 2.36. The molecule has 22 heavy (non-hydrogen) atoms. The maximum Gasteiger partial charge on any atom is 0.212 e. The van der Waals surface area contributed by atoms with Crippen LogP contribution in [0.4, 0.5) is 0 Å². The molecule has 0 unspecified atom stereocenters. The first-order valence-electron chi connectivity index (χ1n) is 7.63. The molecule has 0 spiro atoms. The number of ether oxygens (including phenoxy) is 1. The fourth-order valence-corrected chi connectivity index (χ4v) is 4.12. The van der Waals surface area contributed by atoms with E-state index in [0.717, 1.165) is 12.0 Å². The molecule has 0 radical (unpaired) electrons. The number of aliphatic hydroxyl groups excluding tert-OH is 1. The first kappa shape index (κ1) is 17.2. The van der Waals surface area contributed by atoms with Gasteiger partial charge in [0.25, 0.3) is 0 Å². The summed E-state index contributed by atoms with van der Waals surface area (Å²) in [7, 11) is -1.80.